The first-order chi connectivity index (χ1) is 12.6. The highest BCUT2D eigenvalue weighted by molar-refractivity contribution is 7.99. The van der Waals surface area contributed by atoms with Crippen LogP contribution in [0.5, 0.6) is 5.75 Å². The molecule has 3 aromatic rings. The monoisotopic (exact) mass is 408 g/mol. The van der Waals surface area contributed by atoms with Crippen LogP contribution in [0.1, 0.15) is 5.56 Å². The van der Waals surface area contributed by atoms with Gasteiger partial charge in [-0.2, -0.15) is 0 Å². The highest BCUT2D eigenvalue weighted by Gasteiger charge is 2.10. The van der Waals surface area contributed by atoms with Crippen molar-refractivity contribution < 1.29 is 9.53 Å². The molecule has 8 nitrogen and oxygen atoms in total. The second-order valence-corrected chi connectivity index (χ2v) is 6.69. The third kappa shape index (κ3) is 5.56. The molecule has 0 fully saturated rings. The Morgan fingerprint density at radius 1 is 1.30 bits per heavy atom. The molecule has 0 spiro atoms. The molecule has 1 amide bonds. The molecule has 1 aromatic heterocycles. The van der Waals surface area contributed by atoms with Crippen molar-refractivity contribution in [2.24, 2.45) is 12.8 Å². The number of benzene rings is 2. The number of hydrogen-bond donors (Lipinski definition) is 2. The number of carbonyl (C=O) groups is 1. The zero-order valence-electron chi connectivity index (χ0n) is 14.8. The van der Waals surface area contributed by atoms with Gasteiger partial charge in [0.15, 0.2) is 6.61 Å². The second kappa shape index (κ2) is 10.1. The summed E-state index contributed by atoms with van der Waals surface area (Å²) in [6.45, 7) is 1.25. The van der Waals surface area contributed by atoms with E-state index >= 15 is 0 Å². The molecule has 10 heteroatoms. The molecule has 0 aliphatic carbocycles. The predicted molar refractivity (Wildman–Crippen MR) is 107 cm³/mol. The molecule has 0 unspecified atom stereocenters. The number of nitrogens with two attached hydrogens (primary N) is 1. The van der Waals surface area contributed by atoms with Gasteiger partial charge in [-0.1, -0.05) is 42.1 Å². The van der Waals surface area contributed by atoms with Gasteiger partial charge in [0.05, 0.1) is 0 Å². The minimum absolute atomic E-state index is 0. The van der Waals surface area contributed by atoms with Crippen molar-refractivity contribution in [3.8, 4) is 5.75 Å². The Morgan fingerprint density at radius 3 is 2.85 bits per heavy atom. The molecular weight excluding hydrogens is 388 g/mol. The fourth-order valence-electron chi connectivity index (χ4n) is 2.55. The van der Waals surface area contributed by atoms with Gasteiger partial charge in [0.2, 0.25) is 5.16 Å². The number of tetrazole rings is 1. The zero-order chi connectivity index (χ0) is 18.4. The van der Waals surface area contributed by atoms with E-state index in [4.69, 9.17) is 10.5 Å². The first-order valence-electron chi connectivity index (χ1n) is 8.13. The third-order valence-electron chi connectivity index (χ3n) is 3.76. The van der Waals surface area contributed by atoms with Crippen LogP contribution in [-0.2, 0) is 18.4 Å². The molecule has 27 heavy (non-hydrogen) atoms. The Balaban J connectivity index is 0.00000261. The van der Waals surface area contributed by atoms with E-state index in [9.17, 15) is 4.79 Å². The highest BCUT2D eigenvalue weighted by atomic mass is 35.5. The number of amides is 1. The predicted octanol–water partition coefficient (Wildman–Crippen LogP) is 1.53. The number of nitrogens with one attached hydrogen (secondary N) is 1. The van der Waals surface area contributed by atoms with Crippen LogP contribution in [0, 0.1) is 0 Å². The average Bonchev–Trinajstić information content (AvgIpc) is 3.05. The van der Waals surface area contributed by atoms with Gasteiger partial charge in [0.1, 0.15) is 5.75 Å². The van der Waals surface area contributed by atoms with Gasteiger partial charge in [-0.3, -0.25) is 4.79 Å². The van der Waals surface area contributed by atoms with Gasteiger partial charge < -0.3 is 15.8 Å². The smallest absolute Gasteiger partial charge is 0.255 e. The Kier molecular flexibility index (Phi) is 7.83. The molecule has 0 saturated carbocycles. The van der Waals surface area contributed by atoms with E-state index in [0.717, 1.165) is 33.8 Å². The van der Waals surface area contributed by atoms with Gasteiger partial charge >= 0.3 is 0 Å². The van der Waals surface area contributed by atoms with Crippen LogP contribution in [0.25, 0.3) is 10.8 Å². The first-order valence-corrected chi connectivity index (χ1v) is 9.11. The largest absolute Gasteiger partial charge is 0.483 e. The van der Waals surface area contributed by atoms with Crippen LogP contribution in [0.4, 0.5) is 0 Å². The number of thioether (sulfide) groups is 1. The molecule has 0 saturated heterocycles. The Labute approximate surface area is 167 Å². The molecule has 0 bridgehead atoms. The fraction of sp³-hybridized carbons (Fsp3) is 0.294. The van der Waals surface area contributed by atoms with E-state index < -0.39 is 5.91 Å². The number of nitrogens with zero attached hydrogens (tertiary/aromatic N) is 4. The molecule has 3 rings (SSSR count). The topological polar surface area (TPSA) is 108 Å². The summed E-state index contributed by atoms with van der Waals surface area (Å²) in [5, 5.41) is 17.8. The second-order valence-electron chi connectivity index (χ2n) is 5.63. The standard InChI is InChI=1S/C17H20N6O2S.ClH/c1-23-17(20-21-22-23)26-9-8-19-10-14-13-5-3-2-4-12(13)6-7-15(14)25-11-16(18)24;/h2-7,19H,8-11H2,1H3,(H2,18,24);1H. The summed E-state index contributed by atoms with van der Waals surface area (Å²) in [6.07, 6.45) is 0. The van der Waals surface area contributed by atoms with Gasteiger partial charge in [-0.15, -0.1) is 17.5 Å². The molecule has 144 valence electrons. The minimum Gasteiger partial charge on any atom is -0.483 e. The maximum Gasteiger partial charge on any atom is 0.255 e. The van der Waals surface area contributed by atoms with E-state index in [1.165, 1.54) is 0 Å². The van der Waals surface area contributed by atoms with E-state index in [1.54, 1.807) is 16.4 Å². The third-order valence-corrected chi connectivity index (χ3v) is 4.77. The van der Waals surface area contributed by atoms with Gasteiger partial charge in [-0.05, 0) is 27.3 Å². The van der Waals surface area contributed by atoms with Crippen LogP contribution in [0.2, 0.25) is 0 Å². The molecule has 0 aliphatic heterocycles. The Hall–Kier alpha value is -2.36. The first kappa shape index (κ1) is 20.9. The van der Waals surface area contributed by atoms with E-state index in [-0.39, 0.29) is 19.0 Å². The van der Waals surface area contributed by atoms with Crippen LogP contribution in [0.15, 0.2) is 41.6 Å². The van der Waals surface area contributed by atoms with Crippen molar-refractivity contribution in [1.82, 2.24) is 25.5 Å². The number of rotatable bonds is 9. The molecule has 0 aliphatic rings. The van der Waals surface area contributed by atoms with Crippen molar-refractivity contribution in [3.05, 3.63) is 42.0 Å². The van der Waals surface area contributed by atoms with E-state index in [1.807, 2.05) is 43.4 Å². The Morgan fingerprint density at radius 2 is 2.11 bits per heavy atom. The summed E-state index contributed by atoms with van der Waals surface area (Å²) in [4.78, 5) is 11.0. The minimum atomic E-state index is -0.495. The van der Waals surface area contributed by atoms with Gasteiger partial charge in [-0.25, -0.2) is 4.68 Å². The van der Waals surface area contributed by atoms with Crippen molar-refractivity contribution in [2.75, 3.05) is 18.9 Å². The van der Waals surface area contributed by atoms with Crippen LogP contribution < -0.4 is 15.8 Å². The Bertz CT molecular complexity index is 904. The molecular formula is C17H21ClN6O2S. The summed E-state index contributed by atoms with van der Waals surface area (Å²) in [7, 11) is 1.81. The van der Waals surface area contributed by atoms with Gasteiger partial charge in [0, 0.05) is 31.5 Å². The highest BCUT2D eigenvalue weighted by Crippen LogP contribution is 2.28. The number of fused-ring (bicyclic) bond motifs is 1. The number of halogens is 1. The lowest BCUT2D eigenvalue weighted by molar-refractivity contribution is -0.119. The van der Waals surface area contributed by atoms with Gasteiger partial charge in [0.25, 0.3) is 5.91 Å². The fourth-order valence-corrected chi connectivity index (χ4v) is 3.30. The summed E-state index contributed by atoms with van der Waals surface area (Å²) in [5.74, 6) is 1.00. The number of ether oxygens (including phenoxy) is 1. The number of aryl methyl sites for hydroxylation is 1. The van der Waals surface area contributed by atoms with Crippen LogP contribution in [-0.4, -0.2) is 45.0 Å². The van der Waals surface area contributed by atoms with Crippen LogP contribution in [0.3, 0.4) is 0 Å². The van der Waals surface area contributed by atoms with E-state index in [0.29, 0.717) is 12.3 Å². The average molecular weight is 409 g/mol. The number of carbonyl (C=O) groups excluding carboxylic acids is 1. The quantitative estimate of drug-likeness (QED) is 0.408. The molecule has 0 radical (unpaired) electrons. The van der Waals surface area contributed by atoms with Crippen molar-refractivity contribution in [2.45, 2.75) is 11.7 Å². The number of hydrogen-bond acceptors (Lipinski definition) is 7. The van der Waals surface area contributed by atoms with Crippen molar-refractivity contribution >= 4 is 40.8 Å². The summed E-state index contributed by atoms with van der Waals surface area (Å²) in [5.41, 5.74) is 6.21. The summed E-state index contributed by atoms with van der Waals surface area (Å²) >= 11 is 1.58. The maximum absolute atomic E-state index is 11.0. The molecule has 2 aromatic carbocycles. The normalized spacial score (nSPS) is 10.6. The molecule has 0 atom stereocenters. The summed E-state index contributed by atoms with van der Waals surface area (Å²) < 4.78 is 7.23. The lowest BCUT2D eigenvalue weighted by atomic mass is 10.0. The molecule has 1 heterocycles. The van der Waals surface area contributed by atoms with Crippen molar-refractivity contribution in [3.63, 3.8) is 0 Å². The van der Waals surface area contributed by atoms with Crippen LogP contribution >= 0.6 is 24.2 Å². The molecule has 3 N–H and O–H groups in total. The lowest BCUT2D eigenvalue weighted by Crippen LogP contribution is -2.22. The SMILES string of the molecule is Cl.Cn1nnnc1SCCNCc1c(OCC(N)=O)ccc2ccccc12. The number of aromatic nitrogens is 4. The summed E-state index contributed by atoms with van der Waals surface area (Å²) in [6, 6.07) is 11.9. The zero-order valence-corrected chi connectivity index (χ0v) is 16.4. The maximum atomic E-state index is 11.0. The number of primary amides is 1. The van der Waals surface area contributed by atoms with E-state index in [2.05, 4.69) is 20.8 Å². The lowest BCUT2D eigenvalue weighted by Gasteiger charge is -2.14. The van der Waals surface area contributed by atoms with Crippen molar-refractivity contribution in [1.29, 1.82) is 0 Å².